The van der Waals surface area contributed by atoms with Gasteiger partial charge in [0.1, 0.15) is 0 Å². The predicted octanol–water partition coefficient (Wildman–Crippen LogP) is 3.62. The van der Waals surface area contributed by atoms with Crippen LogP contribution >= 0.6 is 0 Å². The summed E-state index contributed by atoms with van der Waals surface area (Å²) >= 11 is 0. The quantitative estimate of drug-likeness (QED) is 0.733. The number of alkyl halides is 3. The number of benzene rings is 1. The van der Waals surface area contributed by atoms with Crippen molar-refractivity contribution in [2.24, 2.45) is 5.41 Å². The first-order valence-corrected chi connectivity index (χ1v) is 10.8. The standard InChI is InChI=1S/C23H28F3N5O2/c1-22(2,3)10-11-27-20(32)18-8-9-19(29-28-18)30-12-14-31(15-13-30)21(33)16-6-4-5-7-17(16)23(24,25)26/h4-9H,10-15H2,1-3H3,(H,27,32). The third kappa shape index (κ3) is 6.43. The number of anilines is 1. The molecule has 178 valence electrons. The fourth-order valence-electron chi connectivity index (χ4n) is 3.48. The van der Waals surface area contributed by atoms with Crippen LogP contribution in [0.5, 0.6) is 0 Å². The van der Waals surface area contributed by atoms with Crippen molar-refractivity contribution in [3.05, 3.63) is 53.2 Å². The van der Waals surface area contributed by atoms with Gasteiger partial charge in [0.2, 0.25) is 0 Å². The minimum absolute atomic E-state index is 0.112. The molecule has 0 atom stereocenters. The van der Waals surface area contributed by atoms with E-state index in [1.54, 1.807) is 12.1 Å². The number of carbonyl (C=O) groups is 2. The Bertz CT molecular complexity index is 979. The lowest BCUT2D eigenvalue weighted by molar-refractivity contribution is -0.138. The summed E-state index contributed by atoms with van der Waals surface area (Å²) < 4.78 is 39.7. The third-order valence-corrected chi connectivity index (χ3v) is 5.40. The highest BCUT2D eigenvalue weighted by molar-refractivity contribution is 5.96. The monoisotopic (exact) mass is 463 g/mol. The van der Waals surface area contributed by atoms with Gasteiger partial charge in [-0.05, 0) is 36.1 Å². The van der Waals surface area contributed by atoms with Gasteiger partial charge in [0.25, 0.3) is 11.8 Å². The first-order chi connectivity index (χ1) is 15.5. The lowest BCUT2D eigenvalue weighted by Gasteiger charge is -2.35. The molecule has 0 radical (unpaired) electrons. The van der Waals surface area contributed by atoms with Gasteiger partial charge in [0.05, 0.1) is 11.1 Å². The highest BCUT2D eigenvalue weighted by atomic mass is 19.4. The molecule has 10 heteroatoms. The van der Waals surface area contributed by atoms with E-state index in [1.807, 2.05) is 4.90 Å². The second-order valence-electron chi connectivity index (χ2n) is 9.17. The van der Waals surface area contributed by atoms with E-state index in [0.29, 0.717) is 25.5 Å². The van der Waals surface area contributed by atoms with E-state index in [1.165, 1.54) is 23.1 Å². The molecule has 2 aromatic rings. The molecule has 0 spiro atoms. The fraction of sp³-hybridized carbons (Fsp3) is 0.478. The third-order valence-electron chi connectivity index (χ3n) is 5.40. The summed E-state index contributed by atoms with van der Waals surface area (Å²) in [7, 11) is 0. The lowest BCUT2D eigenvalue weighted by atomic mass is 9.92. The van der Waals surface area contributed by atoms with E-state index < -0.39 is 17.6 Å². The summed E-state index contributed by atoms with van der Waals surface area (Å²) in [6.07, 6.45) is -3.76. The largest absolute Gasteiger partial charge is 0.417 e. The number of aromatic nitrogens is 2. The molecule has 1 aromatic carbocycles. The molecule has 0 bridgehead atoms. The smallest absolute Gasteiger partial charge is 0.352 e. The summed E-state index contributed by atoms with van der Waals surface area (Å²) in [5.41, 5.74) is -0.953. The van der Waals surface area contributed by atoms with Crippen molar-refractivity contribution in [3.8, 4) is 0 Å². The second kappa shape index (κ2) is 9.76. The van der Waals surface area contributed by atoms with Crippen LogP contribution in [0, 0.1) is 5.41 Å². The van der Waals surface area contributed by atoms with Gasteiger partial charge in [-0.3, -0.25) is 9.59 Å². The number of amides is 2. The number of hydrogen-bond donors (Lipinski definition) is 1. The van der Waals surface area contributed by atoms with Gasteiger partial charge in [-0.15, -0.1) is 10.2 Å². The molecule has 1 aliphatic rings. The number of nitrogens with zero attached hydrogens (tertiary/aromatic N) is 4. The fourth-order valence-corrected chi connectivity index (χ4v) is 3.48. The van der Waals surface area contributed by atoms with Crippen LogP contribution in [0.15, 0.2) is 36.4 Å². The SMILES string of the molecule is CC(C)(C)CCNC(=O)c1ccc(N2CCN(C(=O)c3ccccc3C(F)(F)F)CC2)nn1. The molecule has 33 heavy (non-hydrogen) atoms. The molecule has 2 heterocycles. The van der Waals surface area contributed by atoms with Crippen molar-refractivity contribution < 1.29 is 22.8 Å². The second-order valence-corrected chi connectivity index (χ2v) is 9.17. The van der Waals surface area contributed by atoms with Crippen LogP contribution < -0.4 is 10.2 Å². The van der Waals surface area contributed by atoms with Crippen LogP contribution in [0.1, 0.15) is 53.6 Å². The van der Waals surface area contributed by atoms with E-state index >= 15 is 0 Å². The van der Waals surface area contributed by atoms with Crippen molar-refractivity contribution in [1.29, 1.82) is 0 Å². The molecule has 0 unspecified atom stereocenters. The van der Waals surface area contributed by atoms with Crippen LogP contribution in [0.3, 0.4) is 0 Å². The van der Waals surface area contributed by atoms with Crippen LogP contribution in [0.25, 0.3) is 0 Å². The Morgan fingerprint density at radius 3 is 2.21 bits per heavy atom. The molecule has 0 aliphatic carbocycles. The topological polar surface area (TPSA) is 78.4 Å². The Balaban J connectivity index is 1.57. The number of halogens is 3. The maximum absolute atomic E-state index is 13.2. The normalized spacial score (nSPS) is 14.8. The Kier molecular flexibility index (Phi) is 7.24. The Hall–Kier alpha value is -3.17. The maximum Gasteiger partial charge on any atom is 0.417 e. The van der Waals surface area contributed by atoms with Gasteiger partial charge in [-0.25, -0.2) is 0 Å². The van der Waals surface area contributed by atoms with E-state index in [4.69, 9.17) is 0 Å². The summed E-state index contributed by atoms with van der Waals surface area (Å²) in [6.45, 7) is 8.11. The van der Waals surface area contributed by atoms with Crippen molar-refractivity contribution >= 4 is 17.6 Å². The van der Waals surface area contributed by atoms with Gasteiger partial charge in [-0.1, -0.05) is 32.9 Å². The summed E-state index contributed by atoms with van der Waals surface area (Å²) in [4.78, 5) is 28.2. The van der Waals surface area contributed by atoms with Crippen molar-refractivity contribution in [3.63, 3.8) is 0 Å². The zero-order chi connectivity index (χ0) is 24.2. The average molecular weight is 464 g/mol. The molecule has 0 saturated carbocycles. The van der Waals surface area contributed by atoms with Gasteiger partial charge in [0.15, 0.2) is 11.5 Å². The number of nitrogens with one attached hydrogen (secondary N) is 1. The first kappa shape index (κ1) is 24.5. The number of hydrogen-bond acceptors (Lipinski definition) is 5. The minimum Gasteiger partial charge on any atom is -0.352 e. The summed E-state index contributed by atoms with van der Waals surface area (Å²) in [6, 6.07) is 8.09. The Morgan fingerprint density at radius 1 is 0.970 bits per heavy atom. The molecule has 1 aromatic heterocycles. The van der Waals surface area contributed by atoms with Crippen LogP contribution in [-0.2, 0) is 6.18 Å². The van der Waals surface area contributed by atoms with Gasteiger partial charge in [0, 0.05) is 32.7 Å². The molecule has 3 rings (SSSR count). The zero-order valence-electron chi connectivity index (χ0n) is 18.9. The molecule has 1 saturated heterocycles. The van der Waals surface area contributed by atoms with Gasteiger partial charge < -0.3 is 15.1 Å². The number of carbonyl (C=O) groups excluding carboxylic acids is 2. The van der Waals surface area contributed by atoms with Crippen molar-refractivity contribution in [2.75, 3.05) is 37.6 Å². The van der Waals surface area contributed by atoms with Gasteiger partial charge in [-0.2, -0.15) is 13.2 Å². The summed E-state index contributed by atoms with van der Waals surface area (Å²) in [5, 5.41) is 10.9. The van der Waals surface area contributed by atoms with Crippen LogP contribution in [0.4, 0.5) is 19.0 Å². The Morgan fingerprint density at radius 2 is 1.64 bits per heavy atom. The zero-order valence-corrected chi connectivity index (χ0v) is 18.9. The molecule has 1 N–H and O–H groups in total. The highest BCUT2D eigenvalue weighted by Crippen LogP contribution is 2.32. The van der Waals surface area contributed by atoms with Crippen LogP contribution in [-0.4, -0.2) is 59.6 Å². The first-order valence-electron chi connectivity index (χ1n) is 10.8. The molecule has 2 amide bonds. The Labute approximate surface area is 191 Å². The van der Waals surface area contributed by atoms with Crippen LogP contribution in [0.2, 0.25) is 0 Å². The molecular formula is C23H28F3N5O2. The number of rotatable bonds is 5. The predicted molar refractivity (Wildman–Crippen MR) is 118 cm³/mol. The maximum atomic E-state index is 13.2. The highest BCUT2D eigenvalue weighted by Gasteiger charge is 2.36. The van der Waals surface area contributed by atoms with Crippen molar-refractivity contribution in [1.82, 2.24) is 20.4 Å². The average Bonchev–Trinajstić information content (AvgIpc) is 2.77. The lowest BCUT2D eigenvalue weighted by Crippen LogP contribution is -2.49. The molecule has 7 nitrogen and oxygen atoms in total. The number of piperazine rings is 1. The van der Waals surface area contributed by atoms with E-state index in [0.717, 1.165) is 12.5 Å². The van der Waals surface area contributed by atoms with Crippen molar-refractivity contribution in [2.45, 2.75) is 33.4 Å². The van der Waals surface area contributed by atoms with Gasteiger partial charge >= 0.3 is 6.18 Å². The van der Waals surface area contributed by atoms with E-state index in [2.05, 4.69) is 36.3 Å². The summed E-state index contributed by atoms with van der Waals surface area (Å²) in [5.74, 6) is -0.392. The molecular weight excluding hydrogens is 435 g/mol. The van der Waals surface area contributed by atoms with E-state index in [9.17, 15) is 22.8 Å². The molecule has 1 aliphatic heterocycles. The van der Waals surface area contributed by atoms with E-state index in [-0.39, 0.29) is 35.7 Å². The molecule has 1 fully saturated rings. The minimum atomic E-state index is -4.59.